The van der Waals surface area contributed by atoms with E-state index in [0.29, 0.717) is 18.9 Å². The Hall–Kier alpha value is -2.15. The zero-order valence-electron chi connectivity index (χ0n) is 13.9. The summed E-state index contributed by atoms with van der Waals surface area (Å²) in [6, 6.07) is 10.1. The highest BCUT2D eigenvalue weighted by Gasteiger charge is 2.31. The van der Waals surface area contributed by atoms with E-state index in [1.165, 1.54) is 11.1 Å². The summed E-state index contributed by atoms with van der Waals surface area (Å²) < 4.78 is 23.3. The first-order valence-corrected chi connectivity index (χ1v) is 9.81. The molecule has 7 heteroatoms. The van der Waals surface area contributed by atoms with Crippen molar-refractivity contribution in [3.63, 3.8) is 0 Å². The molecule has 1 N–H and O–H groups in total. The third-order valence-corrected chi connectivity index (χ3v) is 6.02. The first-order valence-electron chi connectivity index (χ1n) is 7.99. The Kier molecular flexibility index (Phi) is 4.71. The van der Waals surface area contributed by atoms with E-state index in [1.807, 2.05) is 24.1 Å². The second-order valence-electron chi connectivity index (χ2n) is 6.25. The van der Waals surface area contributed by atoms with Crippen LogP contribution in [0.3, 0.4) is 0 Å². The summed E-state index contributed by atoms with van der Waals surface area (Å²) in [6.07, 6.45) is 2.32. The van der Waals surface area contributed by atoms with Crippen LogP contribution in [0.2, 0.25) is 0 Å². The first-order chi connectivity index (χ1) is 11.4. The Balaban J connectivity index is 1.67. The number of sulfone groups is 1. The molecule has 0 aliphatic carbocycles. The van der Waals surface area contributed by atoms with E-state index in [-0.39, 0.29) is 17.5 Å². The number of anilines is 2. The number of hydrogen-bond donors (Lipinski definition) is 1. The summed E-state index contributed by atoms with van der Waals surface area (Å²) in [4.78, 5) is 10.7. The normalized spacial score (nSPS) is 19.2. The number of aryl methyl sites for hydroxylation is 1. The molecule has 2 aromatic rings. The number of hydrogen-bond acceptors (Lipinski definition) is 6. The standard InChI is InChI=1S/C17H22N4O2S/c1-13-4-3-5-14(10-13)11-19-16-6-8-18-17(20-16)21(2)15-7-9-24(22,23)12-15/h3-6,8,10,15H,7,9,11-12H2,1-2H3,(H,18,19,20). The van der Waals surface area contributed by atoms with Crippen molar-refractivity contribution in [3.8, 4) is 0 Å². The van der Waals surface area contributed by atoms with Gasteiger partial charge in [-0.25, -0.2) is 13.4 Å². The molecule has 1 aliphatic heterocycles. The molecule has 1 aromatic carbocycles. The molecule has 1 saturated heterocycles. The van der Waals surface area contributed by atoms with Crippen LogP contribution in [0.25, 0.3) is 0 Å². The van der Waals surface area contributed by atoms with Gasteiger partial charge in [-0.05, 0) is 25.0 Å². The van der Waals surface area contributed by atoms with Gasteiger partial charge in [0.15, 0.2) is 9.84 Å². The van der Waals surface area contributed by atoms with Crippen molar-refractivity contribution in [2.75, 3.05) is 28.8 Å². The Morgan fingerprint density at radius 2 is 2.17 bits per heavy atom. The van der Waals surface area contributed by atoms with Crippen molar-refractivity contribution in [3.05, 3.63) is 47.7 Å². The molecule has 1 fully saturated rings. The number of aromatic nitrogens is 2. The van der Waals surface area contributed by atoms with Crippen molar-refractivity contribution >= 4 is 21.6 Å². The average Bonchev–Trinajstić information content (AvgIpc) is 2.93. The number of nitrogens with one attached hydrogen (secondary N) is 1. The topological polar surface area (TPSA) is 75.2 Å². The van der Waals surface area contributed by atoms with E-state index < -0.39 is 9.84 Å². The molecule has 24 heavy (non-hydrogen) atoms. The van der Waals surface area contributed by atoms with E-state index in [1.54, 1.807) is 6.20 Å². The van der Waals surface area contributed by atoms with Crippen LogP contribution in [0.4, 0.5) is 11.8 Å². The molecule has 0 bridgehead atoms. The van der Waals surface area contributed by atoms with Gasteiger partial charge in [0.1, 0.15) is 5.82 Å². The van der Waals surface area contributed by atoms with Gasteiger partial charge in [-0.3, -0.25) is 0 Å². The summed E-state index contributed by atoms with van der Waals surface area (Å²) in [7, 11) is -1.07. The molecule has 128 valence electrons. The summed E-state index contributed by atoms with van der Waals surface area (Å²) in [5.41, 5.74) is 2.41. The molecular formula is C17H22N4O2S. The van der Waals surface area contributed by atoms with Crippen LogP contribution in [0, 0.1) is 6.92 Å². The van der Waals surface area contributed by atoms with Gasteiger partial charge in [0.2, 0.25) is 5.95 Å². The lowest BCUT2D eigenvalue weighted by Crippen LogP contribution is -2.33. The minimum atomic E-state index is -2.92. The molecule has 3 rings (SSSR count). The third kappa shape index (κ3) is 4.03. The second-order valence-corrected chi connectivity index (χ2v) is 8.48. The minimum absolute atomic E-state index is 0.0537. The molecular weight excluding hydrogens is 324 g/mol. The van der Waals surface area contributed by atoms with Crippen LogP contribution < -0.4 is 10.2 Å². The fourth-order valence-electron chi connectivity index (χ4n) is 2.88. The van der Waals surface area contributed by atoms with Gasteiger partial charge < -0.3 is 10.2 Å². The van der Waals surface area contributed by atoms with E-state index in [0.717, 1.165) is 5.82 Å². The van der Waals surface area contributed by atoms with Gasteiger partial charge in [0.05, 0.1) is 11.5 Å². The SMILES string of the molecule is Cc1cccc(CNc2ccnc(N(C)C3CCS(=O)(=O)C3)n2)c1. The predicted molar refractivity (Wildman–Crippen MR) is 96.0 cm³/mol. The van der Waals surface area contributed by atoms with Crippen molar-refractivity contribution < 1.29 is 8.42 Å². The minimum Gasteiger partial charge on any atom is -0.366 e. The van der Waals surface area contributed by atoms with Crippen LogP contribution in [-0.2, 0) is 16.4 Å². The molecule has 1 aromatic heterocycles. The van der Waals surface area contributed by atoms with Gasteiger partial charge in [-0.1, -0.05) is 29.8 Å². The summed E-state index contributed by atoms with van der Waals surface area (Å²) >= 11 is 0. The lowest BCUT2D eigenvalue weighted by molar-refractivity contribution is 0.600. The molecule has 2 heterocycles. The zero-order valence-corrected chi connectivity index (χ0v) is 14.8. The Labute approximate surface area is 142 Å². The third-order valence-electron chi connectivity index (χ3n) is 4.27. The second kappa shape index (κ2) is 6.76. The van der Waals surface area contributed by atoms with Crippen LogP contribution in [-0.4, -0.2) is 43.0 Å². The lowest BCUT2D eigenvalue weighted by Gasteiger charge is -2.23. The van der Waals surface area contributed by atoms with Gasteiger partial charge >= 0.3 is 0 Å². The maximum absolute atomic E-state index is 11.7. The summed E-state index contributed by atoms with van der Waals surface area (Å²) in [5, 5.41) is 3.29. The Morgan fingerprint density at radius 1 is 1.33 bits per heavy atom. The van der Waals surface area contributed by atoms with Gasteiger partial charge in [0, 0.05) is 25.8 Å². The molecule has 1 aliphatic rings. The monoisotopic (exact) mass is 346 g/mol. The predicted octanol–water partition coefficient (Wildman–Crippen LogP) is 2.02. The van der Waals surface area contributed by atoms with E-state index in [9.17, 15) is 8.42 Å². The van der Waals surface area contributed by atoms with Crippen LogP contribution in [0.1, 0.15) is 17.5 Å². The highest BCUT2D eigenvalue weighted by atomic mass is 32.2. The first kappa shape index (κ1) is 16.7. The molecule has 1 atom stereocenters. The maximum atomic E-state index is 11.7. The largest absolute Gasteiger partial charge is 0.366 e. The van der Waals surface area contributed by atoms with Crippen LogP contribution in [0.5, 0.6) is 0 Å². The Bertz CT molecular complexity index is 823. The molecule has 1 unspecified atom stereocenters. The Morgan fingerprint density at radius 3 is 2.88 bits per heavy atom. The molecule has 0 amide bonds. The molecule has 0 saturated carbocycles. The summed E-state index contributed by atoms with van der Waals surface area (Å²) in [6.45, 7) is 2.75. The van der Waals surface area contributed by atoms with E-state index in [2.05, 4.69) is 40.4 Å². The molecule has 0 radical (unpaired) electrons. The van der Waals surface area contributed by atoms with Gasteiger partial charge in [0.25, 0.3) is 0 Å². The fraction of sp³-hybridized carbons (Fsp3) is 0.412. The van der Waals surface area contributed by atoms with E-state index in [4.69, 9.17) is 0 Å². The smallest absolute Gasteiger partial charge is 0.227 e. The fourth-order valence-corrected chi connectivity index (χ4v) is 4.65. The highest BCUT2D eigenvalue weighted by Crippen LogP contribution is 2.21. The number of rotatable bonds is 5. The molecule has 6 nitrogen and oxygen atoms in total. The lowest BCUT2D eigenvalue weighted by atomic mass is 10.1. The van der Waals surface area contributed by atoms with Crippen LogP contribution in [0.15, 0.2) is 36.5 Å². The quantitative estimate of drug-likeness (QED) is 0.893. The number of benzene rings is 1. The van der Waals surface area contributed by atoms with Crippen molar-refractivity contribution in [2.45, 2.75) is 25.9 Å². The maximum Gasteiger partial charge on any atom is 0.227 e. The molecule has 0 spiro atoms. The average molecular weight is 346 g/mol. The highest BCUT2D eigenvalue weighted by molar-refractivity contribution is 7.91. The van der Waals surface area contributed by atoms with Crippen LogP contribution >= 0.6 is 0 Å². The number of nitrogens with zero attached hydrogens (tertiary/aromatic N) is 3. The van der Waals surface area contributed by atoms with Crippen molar-refractivity contribution in [1.82, 2.24) is 9.97 Å². The van der Waals surface area contributed by atoms with Gasteiger partial charge in [-0.15, -0.1) is 0 Å². The van der Waals surface area contributed by atoms with Crippen molar-refractivity contribution in [1.29, 1.82) is 0 Å². The summed E-state index contributed by atoms with van der Waals surface area (Å²) in [5.74, 6) is 1.70. The van der Waals surface area contributed by atoms with E-state index >= 15 is 0 Å². The van der Waals surface area contributed by atoms with Gasteiger partial charge in [-0.2, -0.15) is 4.98 Å². The zero-order chi connectivity index (χ0) is 17.2. The van der Waals surface area contributed by atoms with Crippen molar-refractivity contribution in [2.24, 2.45) is 0 Å².